The van der Waals surface area contributed by atoms with Gasteiger partial charge in [-0.05, 0) is 63.5 Å². The molecule has 1 aromatic heterocycles. The molecule has 1 heterocycles. The van der Waals surface area contributed by atoms with Gasteiger partial charge in [-0.2, -0.15) is 5.26 Å². The van der Waals surface area contributed by atoms with E-state index in [-0.39, 0.29) is 5.57 Å². The number of nitriles is 1. The van der Waals surface area contributed by atoms with Crippen molar-refractivity contribution in [3.8, 4) is 6.07 Å². The predicted octanol–water partition coefficient (Wildman–Crippen LogP) is 4.20. The number of para-hydroxylation sites is 1. The van der Waals surface area contributed by atoms with E-state index < -0.39 is 35.3 Å². The maximum absolute atomic E-state index is 13.7. The molecule has 0 spiro atoms. The molecule has 30 heavy (non-hydrogen) atoms. The zero-order valence-corrected chi connectivity index (χ0v) is 16.8. The molecule has 0 unspecified atom stereocenters. The number of nitrogens with zero attached hydrogens (tertiary/aromatic N) is 2. The summed E-state index contributed by atoms with van der Waals surface area (Å²) in [5.74, 6) is -3.82. The molecule has 0 bridgehead atoms. The Balaban J connectivity index is 1.72. The van der Waals surface area contributed by atoms with Crippen molar-refractivity contribution in [1.82, 2.24) is 4.57 Å². The minimum atomic E-state index is -1.37. The highest BCUT2D eigenvalue weighted by molar-refractivity contribution is 6.01. The van der Waals surface area contributed by atoms with Crippen molar-refractivity contribution in [2.45, 2.75) is 45.8 Å². The maximum atomic E-state index is 13.7. The predicted molar refractivity (Wildman–Crippen MR) is 106 cm³/mol. The van der Waals surface area contributed by atoms with E-state index in [1.54, 1.807) is 6.07 Å². The summed E-state index contributed by atoms with van der Waals surface area (Å²) < 4.78 is 34.6. The van der Waals surface area contributed by atoms with Crippen LogP contribution in [0, 0.1) is 36.8 Å². The second kappa shape index (κ2) is 8.49. The second-order valence-electron chi connectivity index (χ2n) is 7.23. The Bertz CT molecular complexity index is 1060. The van der Waals surface area contributed by atoms with E-state index in [0.717, 1.165) is 48.0 Å². The van der Waals surface area contributed by atoms with Crippen LogP contribution in [-0.4, -0.2) is 22.5 Å². The lowest BCUT2D eigenvalue weighted by Crippen LogP contribution is -2.31. The Labute approximate surface area is 172 Å². The average Bonchev–Trinajstić information content (AvgIpc) is 3.48. The highest BCUT2D eigenvalue weighted by Crippen LogP contribution is 2.38. The molecule has 6 nitrogen and oxygen atoms in total. The van der Waals surface area contributed by atoms with Gasteiger partial charge >= 0.3 is 5.97 Å². The van der Waals surface area contributed by atoms with Crippen molar-refractivity contribution in [2.75, 3.05) is 5.32 Å². The Morgan fingerprint density at radius 3 is 2.50 bits per heavy atom. The number of carbonyl (C=O) groups is 2. The number of amides is 1. The Morgan fingerprint density at radius 1 is 1.30 bits per heavy atom. The summed E-state index contributed by atoms with van der Waals surface area (Å²) >= 11 is 0. The largest absolute Gasteiger partial charge is 0.448 e. The molecular weight excluding hydrogens is 392 g/mol. The number of carbonyl (C=O) groups excluding carboxylic acids is 2. The van der Waals surface area contributed by atoms with Crippen LogP contribution in [0.2, 0.25) is 0 Å². The van der Waals surface area contributed by atoms with E-state index in [1.807, 2.05) is 19.9 Å². The first-order valence-electron chi connectivity index (χ1n) is 9.49. The van der Waals surface area contributed by atoms with Gasteiger partial charge in [-0.15, -0.1) is 0 Å². The lowest BCUT2D eigenvalue weighted by Gasteiger charge is -2.14. The first-order chi connectivity index (χ1) is 14.2. The van der Waals surface area contributed by atoms with Gasteiger partial charge in [0.15, 0.2) is 6.10 Å². The number of hydrogen-bond acceptors (Lipinski definition) is 4. The van der Waals surface area contributed by atoms with Crippen LogP contribution in [0.1, 0.15) is 42.8 Å². The molecule has 1 amide bonds. The summed E-state index contributed by atoms with van der Waals surface area (Å²) in [7, 11) is 0. The number of benzene rings is 1. The van der Waals surface area contributed by atoms with Crippen molar-refractivity contribution in [3.05, 3.63) is 58.4 Å². The maximum Gasteiger partial charge on any atom is 0.349 e. The van der Waals surface area contributed by atoms with Gasteiger partial charge in [0.2, 0.25) is 0 Å². The Hall–Kier alpha value is -3.47. The molecular formula is C22H21F2N3O3. The van der Waals surface area contributed by atoms with Gasteiger partial charge in [-0.3, -0.25) is 4.79 Å². The molecule has 1 aliphatic rings. The minimum absolute atomic E-state index is 0.275. The average molecular weight is 413 g/mol. The fourth-order valence-corrected chi connectivity index (χ4v) is 3.26. The molecule has 1 saturated carbocycles. The fraction of sp³-hybridized carbons (Fsp3) is 0.318. The first kappa shape index (κ1) is 21.2. The van der Waals surface area contributed by atoms with Gasteiger partial charge in [-0.25, -0.2) is 13.6 Å². The van der Waals surface area contributed by atoms with Crippen LogP contribution >= 0.6 is 0 Å². The van der Waals surface area contributed by atoms with Crippen LogP contribution in [0.4, 0.5) is 14.5 Å². The standard InChI is InChI=1S/C22H21F2N3O3/c1-12-9-15(13(2)27(12)17-7-8-17)10-16(11-25)22(29)30-14(3)21(28)26-20-18(23)5-4-6-19(20)24/h4-6,9-10,14,17H,7-8H2,1-3H3,(H,26,28)/b16-10+/t14-/m1/s1. The van der Waals surface area contributed by atoms with Crippen LogP contribution in [0.15, 0.2) is 29.8 Å². The third-order valence-corrected chi connectivity index (χ3v) is 4.94. The molecule has 3 rings (SSSR count). The van der Waals surface area contributed by atoms with Crippen LogP contribution in [0.25, 0.3) is 6.08 Å². The van der Waals surface area contributed by atoms with Gasteiger partial charge in [0, 0.05) is 17.4 Å². The van der Waals surface area contributed by atoms with Crippen molar-refractivity contribution in [3.63, 3.8) is 0 Å². The SMILES string of the molecule is Cc1cc(/C=C(\C#N)C(=O)O[C@H](C)C(=O)Nc2c(F)cccc2F)c(C)n1C1CC1. The highest BCUT2D eigenvalue weighted by Gasteiger charge is 2.27. The third kappa shape index (κ3) is 4.40. The highest BCUT2D eigenvalue weighted by atomic mass is 19.1. The van der Waals surface area contributed by atoms with E-state index >= 15 is 0 Å². The zero-order valence-electron chi connectivity index (χ0n) is 16.8. The third-order valence-electron chi connectivity index (χ3n) is 4.94. The van der Waals surface area contributed by atoms with Crippen molar-refractivity contribution < 1.29 is 23.1 Å². The summed E-state index contributed by atoms with van der Waals surface area (Å²) in [5.41, 5.74) is 1.79. The van der Waals surface area contributed by atoms with Crippen molar-refractivity contribution in [2.24, 2.45) is 0 Å². The molecule has 1 N–H and O–H groups in total. The number of ether oxygens (including phenoxy) is 1. The normalized spacial score (nSPS) is 14.7. The van der Waals surface area contributed by atoms with Crippen molar-refractivity contribution >= 4 is 23.6 Å². The lowest BCUT2D eigenvalue weighted by atomic mass is 10.1. The van der Waals surface area contributed by atoms with Gasteiger partial charge in [0.25, 0.3) is 5.91 Å². The summed E-state index contributed by atoms with van der Waals surface area (Å²) in [5, 5.41) is 11.4. The summed E-state index contributed by atoms with van der Waals surface area (Å²) in [4.78, 5) is 24.6. The number of aryl methyl sites for hydroxylation is 1. The molecule has 2 aromatic rings. The van der Waals surface area contributed by atoms with Crippen LogP contribution in [-0.2, 0) is 14.3 Å². The van der Waals surface area contributed by atoms with Gasteiger partial charge in [0.05, 0.1) is 0 Å². The molecule has 0 radical (unpaired) electrons. The summed E-state index contributed by atoms with van der Waals surface area (Å²) in [6.07, 6.45) is 2.25. The van der Waals surface area contributed by atoms with Gasteiger partial charge in [-0.1, -0.05) is 6.07 Å². The molecule has 0 saturated heterocycles. The van der Waals surface area contributed by atoms with Crippen LogP contribution < -0.4 is 5.32 Å². The molecule has 1 aromatic carbocycles. The quantitative estimate of drug-likeness (QED) is 0.437. The Morgan fingerprint density at radius 2 is 1.93 bits per heavy atom. The topological polar surface area (TPSA) is 84.1 Å². The molecule has 1 aliphatic carbocycles. The number of hydrogen-bond donors (Lipinski definition) is 1. The Kier molecular flexibility index (Phi) is 6.01. The zero-order chi connectivity index (χ0) is 22.0. The fourth-order valence-electron chi connectivity index (χ4n) is 3.26. The number of esters is 1. The monoisotopic (exact) mass is 413 g/mol. The minimum Gasteiger partial charge on any atom is -0.448 e. The van der Waals surface area contributed by atoms with Crippen LogP contribution in [0.5, 0.6) is 0 Å². The van der Waals surface area contributed by atoms with E-state index in [2.05, 4.69) is 9.88 Å². The summed E-state index contributed by atoms with van der Waals surface area (Å²) in [6, 6.07) is 7.27. The van der Waals surface area contributed by atoms with Gasteiger partial charge in [0.1, 0.15) is 29.0 Å². The van der Waals surface area contributed by atoms with E-state index in [0.29, 0.717) is 6.04 Å². The number of nitrogens with one attached hydrogen (secondary N) is 1. The van der Waals surface area contributed by atoms with E-state index in [4.69, 9.17) is 4.74 Å². The molecule has 0 aliphatic heterocycles. The smallest absolute Gasteiger partial charge is 0.349 e. The van der Waals surface area contributed by atoms with E-state index in [9.17, 15) is 23.6 Å². The molecule has 1 atom stereocenters. The number of aromatic nitrogens is 1. The number of anilines is 1. The number of rotatable bonds is 6. The molecule has 8 heteroatoms. The first-order valence-corrected chi connectivity index (χ1v) is 9.49. The summed E-state index contributed by atoms with van der Waals surface area (Å²) in [6.45, 7) is 5.12. The number of halogens is 2. The van der Waals surface area contributed by atoms with Crippen LogP contribution in [0.3, 0.4) is 0 Å². The second-order valence-corrected chi connectivity index (χ2v) is 7.23. The lowest BCUT2D eigenvalue weighted by molar-refractivity contribution is -0.148. The van der Waals surface area contributed by atoms with Gasteiger partial charge < -0.3 is 14.6 Å². The van der Waals surface area contributed by atoms with Crippen molar-refractivity contribution in [1.29, 1.82) is 5.26 Å². The van der Waals surface area contributed by atoms with E-state index in [1.165, 1.54) is 13.0 Å². The molecule has 156 valence electrons. The molecule has 1 fully saturated rings.